The zero-order chi connectivity index (χ0) is 20.5. The van der Waals surface area contributed by atoms with Crippen molar-refractivity contribution < 1.29 is 4.43 Å². The lowest BCUT2D eigenvalue weighted by atomic mass is 10.2. The first-order chi connectivity index (χ1) is 13.4. The Morgan fingerprint density at radius 2 is 1.50 bits per heavy atom. The predicted octanol–water partition coefficient (Wildman–Crippen LogP) is 6.03. The highest BCUT2D eigenvalue weighted by molar-refractivity contribution is 6.99. The molecule has 0 atom stereocenters. The van der Waals surface area contributed by atoms with Gasteiger partial charge in [-0.25, -0.2) is 0 Å². The lowest BCUT2D eigenvalue weighted by molar-refractivity contribution is 0.293. The maximum Gasteiger partial charge on any atom is 0.261 e. The minimum Gasteiger partial charge on any atom is -0.407 e. The van der Waals surface area contributed by atoms with Crippen LogP contribution in [0.2, 0.25) is 5.04 Å². The van der Waals surface area contributed by atoms with Crippen LogP contribution in [0.5, 0.6) is 0 Å². The van der Waals surface area contributed by atoms with Gasteiger partial charge in [0.2, 0.25) is 0 Å². The van der Waals surface area contributed by atoms with Crippen molar-refractivity contribution in [3.63, 3.8) is 0 Å². The highest BCUT2D eigenvalue weighted by atomic mass is 28.4. The second-order valence-electron chi connectivity index (χ2n) is 8.20. The summed E-state index contributed by atoms with van der Waals surface area (Å²) in [5.74, 6) is 0. The van der Waals surface area contributed by atoms with Crippen LogP contribution in [0.15, 0.2) is 97.1 Å². The standard InChI is InChI=1S/C26H34OSi/c1-6-23(2)17-11-7-8-16-22-27-28(26(3,4)5,24-18-12-9-13-19-24)25-20-14-10-15-21-25/h6-7,9-15,17-21H,1,8,16,22H2,2-5H3/b11-7+,23-17+. The number of benzene rings is 2. The number of hydrogen-bond acceptors (Lipinski definition) is 1. The van der Waals surface area contributed by atoms with Crippen LogP contribution in [0.1, 0.15) is 40.5 Å². The molecule has 2 rings (SSSR count). The molecule has 0 aliphatic heterocycles. The molecule has 0 aromatic heterocycles. The van der Waals surface area contributed by atoms with E-state index in [2.05, 4.69) is 113 Å². The summed E-state index contributed by atoms with van der Waals surface area (Å²) in [6.45, 7) is 13.6. The van der Waals surface area contributed by atoms with Crippen molar-refractivity contribution >= 4 is 18.7 Å². The van der Waals surface area contributed by atoms with Crippen LogP contribution in [-0.4, -0.2) is 14.9 Å². The summed E-state index contributed by atoms with van der Waals surface area (Å²) in [7, 11) is -2.39. The minimum atomic E-state index is -2.39. The van der Waals surface area contributed by atoms with Crippen molar-refractivity contribution in [2.75, 3.05) is 6.61 Å². The van der Waals surface area contributed by atoms with Gasteiger partial charge in [-0.3, -0.25) is 0 Å². The normalized spacial score (nSPS) is 13.1. The molecule has 0 bridgehead atoms. The molecule has 2 aromatic carbocycles. The van der Waals surface area contributed by atoms with E-state index in [-0.39, 0.29) is 5.04 Å². The third-order valence-corrected chi connectivity index (χ3v) is 10.1. The monoisotopic (exact) mass is 390 g/mol. The van der Waals surface area contributed by atoms with Gasteiger partial charge >= 0.3 is 0 Å². The summed E-state index contributed by atoms with van der Waals surface area (Å²) in [5.41, 5.74) is 1.18. The molecule has 1 nitrogen and oxygen atoms in total. The van der Waals surface area contributed by atoms with E-state index < -0.39 is 8.32 Å². The fraction of sp³-hybridized carbons (Fsp3) is 0.308. The molecule has 0 N–H and O–H groups in total. The van der Waals surface area contributed by atoms with Crippen molar-refractivity contribution in [3.05, 3.63) is 97.1 Å². The zero-order valence-corrected chi connectivity index (χ0v) is 18.8. The van der Waals surface area contributed by atoms with E-state index in [9.17, 15) is 0 Å². The van der Waals surface area contributed by atoms with Crippen LogP contribution in [0.4, 0.5) is 0 Å². The van der Waals surface area contributed by atoms with Crippen molar-refractivity contribution in [1.82, 2.24) is 0 Å². The topological polar surface area (TPSA) is 9.23 Å². The van der Waals surface area contributed by atoms with Gasteiger partial charge in [-0.15, -0.1) is 0 Å². The highest BCUT2D eigenvalue weighted by Gasteiger charge is 2.49. The highest BCUT2D eigenvalue weighted by Crippen LogP contribution is 2.36. The maximum atomic E-state index is 6.89. The van der Waals surface area contributed by atoms with Gasteiger partial charge in [0.05, 0.1) is 0 Å². The van der Waals surface area contributed by atoms with Gasteiger partial charge in [0.1, 0.15) is 0 Å². The van der Waals surface area contributed by atoms with Crippen LogP contribution in [0.3, 0.4) is 0 Å². The van der Waals surface area contributed by atoms with E-state index in [0.717, 1.165) is 19.4 Å². The molecule has 0 heterocycles. The minimum absolute atomic E-state index is 0.0371. The fourth-order valence-electron chi connectivity index (χ4n) is 3.57. The van der Waals surface area contributed by atoms with Gasteiger partial charge in [0.15, 0.2) is 0 Å². The van der Waals surface area contributed by atoms with Crippen molar-refractivity contribution in [1.29, 1.82) is 0 Å². The van der Waals surface area contributed by atoms with Gasteiger partial charge in [0, 0.05) is 6.61 Å². The average molecular weight is 391 g/mol. The third-order valence-electron chi connectivity index (χ3n) is 5.07. The average Bonchev–Trinajstić information content (AvgIpc) is 2.70. The molecule has 0 amide bonds. The lowest BCUT2D eigenvalue weighted by Crippen LogP contribution is -2.66. The first kappa shape index (κ1) is 22.1. The molecule has 28 heavy (non-hydrogen) atoms. The zero-order valence-electron chi connectivity index (χ0n) is 17.8. The lowest BCUT2D eigenvalue weighted by Gasteiger charge is -2.43. The van der Waals surface area contributed by atoms with E-state index >= 15 is 0 Å². The summed E-state index contributed by atoms with van der Waals surface area (Å²) in [5, 5.41) is 2.72. The Morgan fingerprint density at radius 3 is 1.96 bits per heavy atom. The van der Waals surface area contributed by atoms with Gasteiger partial charge in [-0.1, -0.05) is 118 Å². The molecule has 0 fully saturated rings. The Balaban J connectivity index is 2.24. The molecule has 0 unspecified atom stereocenters. The van der Waals surface area contributed by atoms with Gasteiger partial charge in [-0.05, 0) is 35.2 Å². The fourth-order valence-corrected chi connectivity index (χ4v) is 8.18. The van der Waals surface area contributed by atoms with E-state index in [1.165, 1.54) is 15.9 Å². The number of rotatable bonds is 9. The molecule has 0 aliphatic rings. The molecular formula is C26H34OSi. The van der Waals surface area contributed by atoms with Gasteiger partial charge < -0.3 is 4.43 Å². The Bertz CT molecular complexity index is 743. The molecule has 2 heteroatoms. The van der Waals surface area contributed by atoms with E-state index in [4.69, 9.17) is 4.43 Å². The molecule has 0 aliphatic carbocycles. The Hall–Kier alpha value is -2.16. The summed E-state index contributed by atoms with van der Waals surface area (Å²) < 4.78 is 6.89. The van der Waals surface area contributed by atoms with Crippen molar-refractivity contribution in [2.45, 2.75) is 45.6 Å². The van der Waals surface area contributed by atoms with Crippen LogP contribution in [0, 0.1) is 0 Å². The summed E-state index contributed by atoms with van der Waals surface area (Å²) in [6, 6.07) is 21.7. The molecule has 0 radical (unpaired) electrons. The molecule has 148 valence electrons. The smallest absolute Gasteiger partial charge is 0.261 e. The maximum absolute atomic E-state index is 6.89. The summed E-state index contributed by atoms with van der Waals surface area (Å²) >= 11 is 0. The SMILES string of the molecule is C=C/C(C)=C/C=C/CCCO[Si](c1ccccc1)(c1ccccc1)C(C)(C)C. The Labute approximate surface area is 172 Å². The summed E-state index contributed by atoms with van der Waals surface area (Å²) in [4.78, 5) is 0. The summed E-state index contributed by atoms with van der Waals surface area (Å²) in [6.07, 6.45) is 10.3. The van der Waals surface area contributed by atoms with Crippen LogP contribution >= 0.6 is 0 Å². The predicted molar refractivity (Wildman–Crippen MR) is 126 cm³/mol. The first-order valence-corrected chi connectivity index (χ1v) is 12.0. The van der Waals surface area contributed by atoms with Crippen molar-refractivity contribution in [3.8, 4) is 0 Å². The number of allylic oxidation sites excluding steroid dienone is 5. The van der Waals surface area contributed by atoms with Crippen molar-refractivity contribution in [2.24, 2.45) is 0 Å². The second-order valence-corrected chi connectivity index (χ2v) is 12.5. The second kappa shape index (κ2) is 10.4. The van der Waals surface area contributed by atoms with Gasteiger partial charge in [0.25, 0.3) is 8.32 Å². The Kier molecular flexibility index (Phi) is 8.22. The van der Waals surface area contributed by atoms with E-state index in [1.807, 2.05) is 6.08 Å². The third kappa shape index (κ3) is 5.43. The molecule has 0 saturated carbocycles. The molecule has 0 spiro atoms. The van der Waals surface area contributed by atoms with E-state index in [0.29, 0.717) is 0 Å². The Morgan fingerprint density at radius 1 is 0.964 bits per heavy atom. The van der Waals surface area contributed by atoms with Crippen LogP contribution in [0.25, 0.3) is 0 Å². The number of unbranched alkanes of at least 4 members (excludes halogenated alkanes) is 1. The van der Waals surface area contributed by atoms with Crippen LogP contribution in [-0.2, 0) is 4.43 Å². The number of hydrogen-bond donors (Lipinski definition) is 0. The molecule has 0 saturated heterocycles. The van der Waals surface area contributed by atoms with Gasteiger partial charge in [-0.2, -0.15) is 0 Å². The largest absolute Gasteiger partial charge is 0.407 e. The van der Waals surface area contributed by atoms with E-state index in [1.54, 1.807) is 0 Å². The first-order valence-electron chi connectivity index (χ1n) is 10.1. The quantitative estimate of drug-likeness (QED) is 0.288. The molecular weight excluding hydrogens is 356 g/mol. The van der Waals surface area contributed by atoms with Crippen LogP contribution < -0.4 is 10.4 Å². The molecule has 2 aromatic rings.